The highest BCUT2D eigenvalue weighted by atomic mass is 16.5. The topological polar surface area (TPSA) is 26.3 Å². The molecule has 1 saturated carbocycles. The van der Waals surface area contributed by atoms with E-state index < -0.39 is 0 Å². The minimum Gasteiger partial charge on any atom is -0.497 e. The number of fused-ring (bicyclic) bond motifs is 1. The van der Waals surface area contributed by atoms with Gasteiger partial charge in [0.1, 0.15) is 11.5 Å². The Morgan fingerprint density at radius 3 is 2.91 bits per heavy atom. The van der Waals surface area contributed by atoms with Gasteiger partial charge in [0.15, 0.2) is 0 Å². The van der Waals surface area contributed by atoms with Crippen molar-refractivity contribution in [3.63, 3.8) is 0 Å². The molecular weight excluding hydrogens is 284 g/mol. The quantitative estimate of drug-likeness (QED) is 0.733. The van der Waals surface area contributed by atoms with Crippen molar-refractivity contribution in [1.29, 1.82) is 0 Å². The monoisotopic (exact) mass is 310 g/mol. The zero-order valence-corrected chi connectivity index (χ0v) is 14.2. The van der Waals surface area contributed by atoms with E-state index in [2.05, 4.69) is 31.7 Å². The molecule has 1 aromatic carbocycles. The first kappa shape index (κ1) is 16.0. The van der Waals surface area contributed by atoms with Crippen LogP contribution in [0.2, 0.25) is 0 Å². The van der Waals surface area contributed by atoms with Gasteiger partial charge in [-0.05, 0) is 66.9 Å². The van der Waals surface area contributed by atoms with Crippen LogP contribution in [0.5, 0.6) is 5.75 Å². The lowest BCUT2D eigenvalue weighted by molar-refractivity contribution is -0.125. The Bertz CT molecular complexity index is 656. The van der Waals surface area contributed by atoms with E-state index in [-0.39, 0.29) is 5.41 Å². The van der Waals surface area contributed by atoms with Gasteiger partial charge in [-0.3, -0.25) is 4.79 Å². The molecule has 2 atom stereocenters. The van der Waals surface area contributed by atoms with Crippen molar-refractivity contribution in [2.24, 2.45) is 11.3 Å². The molecule has 0 aromatic heterocycles. The SMILES string of the molecule is C=CC1CCC(=O)[C@]1(C)C/C=C1/CCCc2cc(OC)ccc21. The fraction of sp³-hybridized carbons (Fsp3) is 0.476. The van der Waals surface area contributed by atoms with Crippen LogP contribution in [0.3, 0.4) is 0 Å². The number of Topliss-reactive ketones (excluding diaryl/α,β-unsaturated/α-hetero) is 1. The van der Waals surface area contributed by atoms with Gasteiger partial charge >= 0.3 is 0 Å². The summed E-state index contributed by atoms with van der Waals surface area (Å²) in [5.74, 6) is 1.63. The van der Waals surface area contributed by atoms with Crippen molar-refractivity contribution in [3.05, 3.63) is 48.1 Å². The second kappa shape index (κ2) is 6.35. The number of ether oxygens (including phenoxy) is 1. The third-order valence-corrected chi connectivity index (χ3v) is 5.75. The lowest BCUT2D eigenvalue weighted by Gasteiger charge is -2.28. The molecule has 0 bridgehead atoms. The minimum atomic E-state index is -0.265. The number of benzene rings is 1. The summed E-state index contributed by atoms with van der Waals surface area (Å²) < 4.78 is 5.34. The first-order chi connectivity index (χ1) is 11.1. The Balaban J connectivity index is 1.87. The number of rotatable bonds is 4. The molecule has 2 aliphatic carbocycles. The molecule has 1 aromatic rings. The molecule has 0 aliphatic heterocycles. The highest BCUT2D eigenvalue weighted by molar-refractivity contribution is 5.87. The molecule has 3 rings (SSSR count). The number of allylic oxidation sites excluding steroid dienone is 3. The van der Waals surface area contributed by atoms with Gasteiger partial charge < -0.3 is 4.74 Å². The number of carbonyl (C=O) groups is 1. The standard InChI is InChI=1S/C21H26O2/c1-4-17-8-11-20(22)21(17,2)13-12-15-6-5-7-16-14-18(23-3)9-10-19(15)16/h4,9-10,12,14,17H,1,5-8,11,13H2,2-3H3/b15-12-/t17?,21-/m1/s1. The van der Waals surface area contributed by atoms with Gasteiger partial charge in [0.05, 0.1) is 7.11 Å². The first-order valence-electron chi connectivity index (χ1n) is 8.60. The summed E-state index contributed by atoms with van der Waals surface area (Å²) in [6, 6.07) is 6.35. The summed E-state index contributed by atoms with van der Waals surface area (Å²) in [5, 5.41) is 0. The molecule has 1 unspecified atom stereocenters. The van der Waals surface area contributed by atoms with Gasteiger partial charge in [-0.25, -0.2) is 0 Å². The summed E-state index contributed by atoms with van der Waals surface area (Å²) in [6.45, 7) is 6.05. The van der Waals surface area contributed by atoms with Gasteiger partial charge in [0.2, 0.25) is 0 Å². The lowest BCUT2D eigenvalue weighted by atomic mass is 9.75. The molecule has 2 aliphatic rings. The highest BCUT2D eigenvalue weighted by Gasteiger charge is 2.43. The number of methoxy groups -OCH3 is 1. The fourth-order valence-electron chi connectivity index (χ4n) is 4.11. The molecule has 1 fully saturated rings. The molecule has 0 amide bonds. The van der Waals surface area contributed by atoms with E-state index in [1.165, 1.54) is 23.1 Å². The van der Waals surface area contributed by atoms with Gasteiger partial charge in [0, 0.05) is 11.8 Å². The summed E-state index contributed by atoms with van der Waals surface area (Å²) in [4.78, 5) is 12.4. The molecule has 0 radical (unpaired) electrons. The number of carbonyl (C=O) groups excluding carboxylic acids is 1. The predicted octanol–water partition coefficient (Wildman–Crippen LogP) is 4.98. The van der Waals surface area contributed by atoms with E-state index >= 15 is 0 Å². The third kappa shape index (κ3) is 2.87. The van der Waals surface area contributed by atoms with E-state index in [9.17, 15) is 4.79 Å². The van der Waals surface area contributed by atoms with Crippen LogP contribution < -0.4 is 4.74 Å². The average molecular weight is 310 g/mol. The van der Waals surface area contributed by atoms with Crippen molar-refractivity contribution in [3.8, 4) is 5.75 Å². The zero-order valence-electron chi connectivity index (χ0n) is 14.2. The molecular formula is C21H26O2. The van der Waals surface area contributed by atoms with E-state index in [4.69, 9.17) is 4.74 Å². The number of hydrogen-bond acceptors (Lipinski definition) is 2. The Kier molecular flexibility index (Phi) is 4.43. The zero-order chi connectivity index (χ0) is 16.4. The maximum Gasteiger partial charge on any atom is 0.139 e. The maximum absolute atomic E-state index is 12.4. The van der Waals surface area contributed by atoms with Gasteiger partial charge in [0.25, 0.3) is 0 Å². The van der Waals surface area contributed by atoms with E-state index in [0.717, 1.165) is 31.4 Å². The average Bonchev–Trinajstić information content (AvgIpc) is 2.87. The molecule has 0 heterocycles. The summed E-state index contributed by atoms with van der Waals surface area (Å²) >= 11 is 0. The van der Waals surface area contributed by atoms with Gasteiger partial charge in [-0.1, -0.05) is 25.1 Å². The third-order valence-electron chi connectivity index (χ3n) is 5.75. The van der Waals surface area contributed by atoms with Crippen molar-refractivity contribution in [2.75, 3.05) is 7.11 Å². The van der Waals surface area contributed by atoms with Gasteiger partial charge in [-0.2, -0.15) is 0 Å². The largest absolute Gasteiger partial charge is 0.497 e. The maximum atomic E-state index is 12.4. The summed E-state index contributed by atoms with van der Waals surface area (Å²) in [7, 11) is 1.71. The lowest BCUT2D eigenvalue weighted by Crippen LogP contribution is -2.27. The number of aryl methyl sites for hydroxylation is 1. The van der Waals surface area contributed by atoms with Crippen LogP contribution in [0.15, 0.2) is 36.9 Å². The molecule has 0 saturated heterocycles. The van der Waals surface area contributed by atoms with Crippen molar-refractivity contribution in [1.82, 2.24) is 0 Å². The number of hydrogen-bond donors (Lipinski definition) is 0. The Morgan fingerprint density at radius 2 is 2.17 bits per heavy atom. The van der Waals surface area contributed by atoms with Crippen LogP contribution in [0, 0.1) is 11.3 Å². The van der Waals surface area contributed by atoms with Crippen molar-refractivity contribution in [2.45, 2.75) is 45.4 Å². The van der Waals surface area contributed by atoms with Crippen LogP contribution in [-0.2, 0) is 11.2 Å². The molecule has 0 spiro atoms. The normalized spacial score (nSPS) is 28.7. The fourth-order valence-corrected chi connectivity index (χ4v) is 4.11. The molecule has 23 heavy (non-hydrogen) atoms. The van der Waals surface area contributed by atoms with Gasteiger partial charge in [-0.15, -0.1) is 6.58 Å². The van der Waals surface area contributed by atoms with Crippen LogP contribution >= 0.6 is 0 Å². The van der Waals surface area contributed by atoms with E-state index in [0.29, 0.717) is 18.1 Å². The molecule has 2 nitrogen and oxygen atoms in total. The van der Waals surface area contributed by atoms with Crippen LogP contribution in [0.4, 0.5) is 0 Å². The number of ketones is 1. The predicted molar refractivity (Wildman–Crippen MR) is 94.6 cm³/mol. The highest BCUT2D eigenvalue weighted by Crippen LogP contribution is 2.45. The van der Waals surface area contributed by atoms with Crippen LogP contribution in [0.1, 0.15) is 50.2 Å². The Morgan fingerprint density at radius 1 is 1.35 bits per heavy atom. The van der Waals surface area contributed by atoms with Crippen LogP contribution in [-0.4, -0.2) is 12.9 Å². The molecule has 2 heteroatoms. The smallest absolute Gasteiger partial charge is 0.139 e. The second-order valence-corrected chi connectivity index (χ2v) is 7.03. The summed E-state index contributed by atoms with van der Waals surface area (Å²) in [5.41, 5.74) is 3.82. The molecule has 0 N–H and O–H groups in total. The van der Waals surface area contributed by atoms with Crippen molar-refractivity contribution >= 4 is 11.4 Å². The summed E-state index contributed by atoms with van der Waals surface area (Å²) in [6.07, 6.45) is 10.1. The van der Waals surface area contributed by atoms with Crippen molar-refractivity contribution < 1.29 is 9.53 Å². The van der Waals surface area contributed by atoms with E-state index in [1.807, 2.05) is 12.1 Å². The van der Waals surface area contributed by atoms with Crippen LogP contribution in [0.25, 0.3) is 5.57 Å². The Hall–Kier alpha value is -1.83. The minimum absolute atomic E-state index is 0.265. The Labute approximate surface area is 139 Å². The first-order valence-corrected chi connectivity index (χ1v) is 8.60. The van der Waals surface area contributed by atoms with E-state index in [1.54, 1.807) is 7.11 Å². The second-order valence-electron chi connectivity index (χ2n) is 7.03. The molecule has 122 valence electrons.